The lowest BCUT2D eigenvalue weighted by Gasteiger charge is -2.16. The fraction of sp³-hybridized carbons (Fsp3) is 0.0417. The maximum Gasteiger partial charge on any atom is 0.418 e. The molecule has 4 rings (SSSR count). The molecule has 3 aromatic carbocycles. The van der Waals surface area contributed by atoms with Crippen LogP contribution in [0.2, 0.25) is 5.02 Å². The lowest BCUT2D eigenvalue weighted by molar-refractivity contribution is -0.136. The summed E-state index contributed by atoms with van der Waals surface area (Å²) in [6.07, 6.45) is -3.23. The average molecular weight is 469 g/mol. The fourth-order valence-corrected chi connectivity index (χ4v) is 3.40. The number of nitrogens with one attached hydrogen (secondary N) is 2. The molecule has 33 heavy (non-hydrogen) atoms. The van der Waals surface area contributed by atoms with Crippen LogP contribution in [0.4, 0.5) is 29.3 Å². The van der Waals surface area contributed by atoms with E-state index >= 15 is 0 Å². The van der Waals surface area contributed by atoms with Crippen LogP contribution in [0.25, 0.3) is 22.6 Å². The highest BCUT2D eigenvalue weighted by atomic mass is 35.5. The molecule has 0 radical (unpaired) electrons. The number of rotatable bonds is 4. The Balaban J connectivity index is 1.69. The van der Waals surface area contributed by atoms with Crippen molar-refractivity contribution < 1.29 is 18.0 Å². The van der Waals surface area contributed by atoms with E-state index in [1.54, 1.807) is 24.3 Å². The second kappa shape index (κ2) is 9.30. The van der Waals surface area contributed by atoms with E-state index in [0.717, 1.165) is 11.6 Å². The van der Waals surface area contributed by atoms with Gasteiger partial charge in [0, 0.05) is 11.1 Å². The van der Waals surface area contributed by atoms with Crippen molar-refractivity contribution in [1.29, 1.82) is 0 Å². The van der Waals surface area contributed by atoms with Gasteiger partial charge in [-0.1, -0.05) is 72.3 Å². The minimum absolute atomic E-state index is 0.185. The number of carbonyl (C=O) groups excluding carboxylic acids is 1. The number of anilines is 2. The first-order valence-corrected chi connectivity index (χ1v) is 10.1. The number of benzene rings is 3. The maximum absolute atomic E-state index is 13.3. The van der Waals surface area contributed by atoms with Gasteiger partial charge in [0.15, 0.2) is 5.82 Å². The van der Waals surface area contributed by atoms with Gasteiger partial charge in [0.1, 0.15) is 0 Å². The summed E-state index contributed by atoms with van der Waals surface area (Å²) in [4.78, 5) is 21.5. The van der Waals surface area contributed by atoms with Gasteiger partial charge in [0.25, 0.3) is 0 Å². The highest BCUT2D eigenvalue weighted by Gasteiger charge is 2.33. The van der Waals surface area contributed by atoms with Crippen molar-refractivity contribution in [1.82, 2.24) is 9.97 Å². The molecule has 0 aliphatic carbocycles. The number of para-hydroxylation sites is 1. The number of carbonyl (C=O) groups is 1. The molecule has 1 aromatic heterocycles. The van der Waals surface area contributed by atoms with Gasteiger partial charge in [0.05, 0.1) is 33.9 Å². The normalized spacial score (nSPS) is 11.2. The zero-order chi connectivity index (χ0) is 23.4. The van der Waals surface area contributed by atoms with Crippen LogP contribution in [0, 0.1) is 0 Å². The zero-order valence-electron chi connectivity index (χ0n) is 16.9. The van der Waals surface area contributed by atoms with E-state index in [2.05, 4.69) is 20.6 Å². The lowest BCUT2D eigenvalue weighted by atomic mass is 10.1. The molecule has 0 bridgehead atoms. The summed E-state index contributed by atoms with van der Waals surface area (Å²) in [5, 5.41) is 5.18. The SMILES string of the molecule is O=C(Nc1ccccc1C(F)(F)F)Nc1cnc(-c2ccccc2)nc1-c1ccccc1Cl. The Bertz CT molecular complexity index is 1300. The molecule has 2 N–H and O–H groups in total. The molecular weight excluding hydrogens is 453 g/mol. The lowest BCUT2D eigenvalue weighted by Crippen LogP contribution is -2.22. The van der Waals surface area contributed by atoms with Crippen LogP contribution in [0.1, 0.15) is 5.56 Å². The van der Waals surface area contributed by atoms with Crippen LogP contribution in [0.15, 0.2) is 85.1 Å². The summed E-state index contributed by atoms with van der Waals surface area (Å²) in [6, 6.07) is 19.9. The smallest absolute Gasteiger partial charge is 0.307 e. The Labute approximate surface area is 192 Å². The van der Waals surface area contributed by atoms with Gasteiger partial charge < -0.3 is 10.6 Å². The average Bonchev–Trinajstić information content (AvgIpc) is 2.80. The molecule has 0 fully saturated rings. The first-order chi connectivity index (χ1) is 15.8. The molecule has 166 valence electrons. The number of urea groups is 1. The third-order valence-electron chi connectivity index (χ3n) is 4.68. The molecule has 0 unspecified atom stereocenters. The molecule has 0 spiro atoms. The summed E-state index contributed by atoms with van der Waals surface area (Å²) >= 11 is 6.35. The molecule has 0 saturated heterocycles. The highest BCUT2D eigenvalue weighted by Crippen LogP contribution is 2.35. The topological polar surface area (TPSA) is 66.9 Å². The molecule has 4 aromatic rings. The first kappa shape index (κ1) is 22.3. The van der Waals surface area contributed by atoms with Crippen molar-refractivity contribution in [2.24, 2.45) is 0 Å². The molecular formula is C24H16ClF3N4O. The number of amides is 2. The van der Waals surface area contributed by atoms with E-state index < -0.39 is 17.8 Å². The quantitative estimate of drug-likeness (QED) is 0.335. The molecule has 0 atom stereocenters. The highest BCUT2D eigenvalue weighted by molar-refractivity contribution is 6.33. The van der Waals surface area contributed by atoms with E-state index in [0.29, 0.717) is 22.1 Å². The number of hydrogen-bond donors (Lipinski definition) is 2. The van der Waals surface area contributed by atoms with Gasteiger partial charge in [-0.15, -0.1) is 0 Å². The number of alkyl halides is 3. The van der Waals surface area contributed by atoms with Crippen LogP contribution >= 0.6 is 11.6 Å². The zero-order valence-corrected chi connectivity index (χ0v) is 17.7. The van der Waals surface area contributed by atoms with E-state index in [-0.39, 0.29) is 11.4 Å². The van der Waals surface area contributed by atoms with Crippen LogP contribution in [-0.4, -0.2) is 16.0 Å². The molecule has 9 heteroatoms. The van der Waals surface area contributed by atoms with Gasteiger partial charge in [-0.05, 0) is 18.2 Å². The van der Waals surface area contributed by atoms with Crippen LogP contribution in [0.3, 0.4) is 0 Å². The van der Waals surface area contributed by atoms with Gasteiger partial charge >= 0.3 is 12.2 Å². The largest absolute Gasteiger partial charge is 0.418 e. The third-order valence-corrected chi connectivity index (χ3v) is 5.01. The van der Waals surface area contributed by atoms with E-state index in [1.165, 1.54) is 24.4 Å². The Hall–Kier alpha value is -3.91. The van der Waals surface area contributed by atoms with Crippen molar-refractivity contribution >= 4 is 29.0 Å². The van der Waals surface area contributed by atoms with Crippen LogP contribution < -0.4 is 10.6 Å². The summed E-state index contributed by atoms with van der Waals surface area (Å²) in [7, 11) is 0. The second-order valence-corrected chi connectivity index (χ2v) is 7.33. The standard InChI is InChI=1S/C24H16ClF3N4O/c25-18-12-6-4-10-16(18)21-20(14-29-22(32-21)15-8-2-1-3-9-15)31-23(33)30-19-13-7-5-11-17(19)24(26,27)28/h1-14H,(H2,30,31,33). The van der Waals surface area contributed by atoms with Crippen LogP contribution in [0.5, 0.6) is 0 Å². The Morgan fingerprint density at radius 3 is 2.18 bits per heavy atom. The van der Waals surface area contributed by atoms with Crippen molar-refractivity contribution in [3.8, 4) is 22.6 Å². The number of hydrogen-bond acceptors (Lipinski definition) is 3. The Kier molecular flexibility index (Phi) is 6.28. The first-order valence-electron chi connectivity index (χ1n) is 9.74. The van der Waals surface area contributed by atoms with Gasteiger partial charge in [-0.3, -0.25) is 0 Å². The molecule has 0 aliphatic rings. The summed E-state index contributed by atoms with van der Waals surface area (Å²) in [6.45, 7) is 0. The number of nitrogens with zero attached hydrogens (tertiary/aromatic N) is 2. The predicted molar refractivity (Wildman–Crippen MR) is 122 cm³/mol. The summed E-state index contributed by atoms with van der Waals surface area (Å²) in [5.74, 6) is 0.402. The molecule has 5 nitrogen and oxygen atoms in total. The van der Waals surface area contributed by atoms with Crippen LogP contribution in [-0.2, 0) is 6.18 Å². The summed E-state index contributed by atoms with van der Waals surface area (Å²) < 4.78 is 39.8. The molecule has 2 amide bonds. The van der Waals surface area contributed by atoms with Gasteiger partial charge in [-0.2, -0.15) is 13.2 Å². The van der Waals surface area contributed by atoms with E-state index in [9.17, 15) is 18.0 Å². The fourth-order valence-electron chi connectivity index (χ4n) is 3.17. The number of halogens is 4. The van der Waals surface area contributed by atoms with Crippen molar-refractivity contribution in [2.75, 3.05) is 10.6 Å². The van der Waals surface area contributed by atoms with Gasteiger partial charge in [0.2, 0.25) is 0 Å². The third kappa shape index (κ3) is 5.12. The monoisotopic (exact) mass is 468 g/mol. The van der Waals surface area contributed by atoms with Gasteiger partial charge in [-0.25, -0.2) is 14.8 Å². The summed E-state index contributed by atoms with van der Waals surface area (Å²) in [5.41, 5.74) is 0.468. The predicted octanol–water partition coefficient (Wildman–Crippen LogP) is 7.13. The minimum atomic E-state index is -4.62. The van der Waals surface area contributed by atoms with Crippen molar-refractivity contribution in [3.63, 3.8) is 0 Å². The second-order valence-electron chi connectivity index (χ2n) is 6.92. The molecule has 1 heterocycles. The number of aromatic nitrogens is 2. The molecule has 0 saturated carbocycles. The van der Waals surface area contributed by atoms with E-state index in [1.807, 2.05) is 30.3 Å². The molecule has 0 aliphatic heterocycles. The minimum Gasteiger partial charge on any atom is -0.307 e. The Morgan fingerprint density at radius 2 is 1.45 bits per heavy atom. The Morgan fingerprint density at radius 1 is 0.818 bits per heavy atom. The van der Waals surface area contributed by atoms with E-state index in [4.69, 9.17) is 11.6 Å². The van der Waals surface area contributed by atoms with Crippen molar-refractivity contribution in [3.05, 3.63) is 95.6 Å². The maximum atomic E-state index is 13.3. The van der Waals surface area contributed by atoms with Crippen molar-refractivity contribution in [2.45, 2.75) is 6.18 Å².